The first-order valence-corrected chi connectivity index (χ1v) is 5.58. The van der Waals surface area contributed by atoms with E-state index in [1.165, 1.54) is 6.20 Å². The molecule has 0 amide bonds. The molecule has 2 nitrogen and oxygen atoms in total. The zero-order valence-electron chi connectivity index (χ0n) is 9.99. The molecule has 0 aliphatic rings. The molecular weight excluding hydrogens is 280 g/mol. The fourth-order valence-corrected chi connectivity index (χ4v) is 1.53. The summed E-state index contributed by atoms with van der Waals surface area (Å²) in [5.41, 5.74) is -0.675. The summed E-state index contributed by atoms with van der Waals surface area (Å²) in [6, 6.07) is 3.01. The number of hydrogen-bond acceptors (Lipinski definition) is 2. The van der Waals surface area contributed by atoms with Crippen molar-refractivity contribution in [2.75, 3.05) is 0 Å². The molecular formula is C12H8BF5NO-. The molecule has 0 unspecified atom stereocenters. The number of benzene rings is 1. The van der Waals surface area contributed by atoms with Crippen LogP contribution in [-0.2, 0) is 6.61 Å². The molecule has 0 radical (unpaired) electrons. The number of ether oxygens (including phenoxy) is 1. The Labute approximate surface area is 111 Å². The van der Waals surface area contributed by atoms with Crippen LogP contribution >= 0.6 is 0 Å². The summed E-state index contributed by atoms with van der Waals surface area (Å²) in [7, 11) is 0. The number of aromatic nitrogens is 1. The van der Waals surface area contributed by atoms with Gasteiger partial charge in [0.1, 0.15) is 12.4 Å². The van der Waals surface area contributed by atoms with Gasteiger partial charge in [0.25, 0.3) is 0 Å². The fraction of sp³-hybridized carbons (Fsp3) is 0.0833. The molecule has 2 rings (SSSR count). The van der Waals surface area contributed by atoms with Gasteiger partial charge in [0.15, 0.2) is 11.6 Å². The molecule has 106 valence electrons. The smallest absolute Gasteiger partial charge is 0.486 e. The van der Waals surface area contributed by atoms with Crippen molar-refractivity contribution < 1.29 is 26.5 Å². The van der Waals surface area contributed by atoms with Crippen LogP contribution in [0.3, 0.4) is 0 Å². The van der Waals surface area contributed by atoms with Crippen LogP contribution in [0.25, 0.3) is 0 Å². The molecule has 0 spiro atoms. The Bertz CT molecular complexity index is 617. The highest BCUT2D eigenvalue weighted by molar-refractivity contribution is 6.73. The molecule has 1 heterocycles. The van der Waals surface area contributed by atoms with Crippen molar-refractivity contribution in [1.82, 2.24) is 4.98 Å². The predicted molar refractivity (Wildman–Crippen MR) is 63.6 cm³/mol. The second kappa shape index (κ2) is 5.48. The van der Waals surface area contributed by atoms with Crippen molar-refractivity contribution in [3.8, 4) is 5.75 Å². The van der Waals surface area contributed by atoms with E-state index in [1.54, 1.807) is 0 Å². The van der Waals surface area contributed by atoms with Gasteiger partial charge in [-0.15, -0.1) is 5.46 Å². The molecule has 0 atom stereocenters. The second-order valence-corrected chi connectivity index (χ2v) is 4.06. The topological polar surface area (TPSA) is 22.1 Å². The zero-order valence-corrected chi connectivity index (χ0v) is 9.99. The van der Waals surface area contributed by atoms with Crippen LogP contribution in [0, 0.1) is 11.6 Å². The lowest BCUT2D eigenvalue weighted by molar-refractivity contribution is 0.289. The predicted octanol–water partition coefficient (Wildman–Crippen LogP) is 2.99. The highest BCUT2D eigenvalue weighted by Gasteiger charge is 2.26. The van der Waals surface area contributed by atoms with Crippen molar-refractivity contribution in [1.29, 1.82) is 0 Å². The second-order valence-electron chi connectivity index (χ2n) is 4.06. The fourth-order valence-electron chi connectivity index (χ4n) is 1.53. The van der Waals surface area contributed by atoms with E-state index in [2.05, 4.69) is 4.98 Å². The largest absolute Gasteiger partial charge is 0.509 e. The minimum atomic E-state index is -5.24. The first-order chi connectivity index (χ1) is 9.36. The van der Waals surface area contributed by atoms with Crippen LogP contribution in [0.5, 0.6) is 5.75 Å². The van der Waals surface area contributed by atoms with Crippen LogP contribution in [0.4, 0.5) is 21.7 Å². The molecule has 0 aliphatic heterocycles. The highest BCUT2D eigenvalue weighted by Crippen LogP contribution is 2.19. The molecule has 8 heteroatoms. The molecule has 0 saturated carbocycles. The van der Waals surface area contributed by atoms with Gasteiger partial charge in [-0.3, -0.25) is 4.98 Å². The quantitative estimate of drug-likeness (QED) is 0.637. The first kappa shape index (κ1) is 14.3. The Kier molecular flexibility index (Phi) is 3.92. The Hall–Kier alpha value is -2.12. The van der Waals surface area contributed by atoms with E-state index in [1.807, 2.05) is 0 Å². The lowest BCUT2D eigenvalue weighted by Crippen LogP contribution is -2.34. The molecule has 0 bridgehead atoms. The number of hydrogen-bond donors (Lipinski definition) is 0. The number of pyridine rings is 1. The van der Waals surface area contributed by atoms with Gasteiger partial charge in [-0.05, 0) is 18.2 Å². The summed E-state index contributed by atoms with van der Waals surface area (Å²) < 4.78 is 68.8. The van der Waals surface area contributed by atoms with Crippen molar-refractivity contribution >= 4 is 12.4 Å². The minimum absolute atomic E-state index is 0.282. The van der Waals surface area contributed by atoms with E-state index in [-0.39, 0.29) is 12.2 Å². The average Bonchev–Trinajstić information content (AvgIpc) is 2.36. The van der Waals surface area contributed by atoms with Crippen molar-refractivity contribution in [2.45, 2.75) is 6.61 Å². The summed E-state index contributed by atoms with van der Waals surface area (Å²) in [5, 5.41) is 0. The van der Waals surface area contributed by atoms with Gasteiger partial charge in [0.2, 0.25) is 0 Å². The molecule has 0 N–H and O–H groups in total. The number of rotatable bonds is 4. The van der Waals surface area contributed by atoms with Crippen LogP contribution in [-0.4, -0.2) is 12.0 Å². The lowest BCUT2D eigenvalue weighted by atomic mass is 9.80. The van der Waals surface area contributed by atoms with E-state index in [0.29, 0.717) is 18.2 Å². The molecule has 20 heavy (non-hydrogen) atoms. The van der Waals surface area contributed by atoms with Gasteiger partial charge >= 0.3 is 6.98 Å². The third kappa shape index (κ3) is 3.46. The normalized spacial score (nSPS) is 11.4. The van der Waals surface area contributed by atoms with Gasteiger partial charge in [-0.25, -0.2) is 8.78 Å². The Morgan fingerprint density at radius 3 is 2.45 bits per heavy atom. The van der Waals surface area contributed by atoms with Crippen LogP contribution in [0.1, 0.15) is 5.56 Å². The van der Waals surface area contributed by atoms with Gasteiger partial charge < -0.3 is 17.7 Å². The monoisotopic (exact) mass is 288 g/mol. The van der Waals surface area contributed by atoms with E-state index in [0.717, 1.165) is 12.3 Å². The van der Waals surface area contributed by atoms with Crippen LogP contribution < -0.4 is 10.2 Å². The van der Waals surface area contributed by atoms with Crippen molar-refractivity contribution in [3.63, 3.8) is 0 Å². The van der Waals surface area contributed by atoms with Gasteiger partial charge in [-0.2, -0.15) is 0 Å². The van der Waals surface area contributed by atoms with Crippen LogP contribution in [0.2, 0.25) is 0 Å². The summed E-state index contributed by atoms with van der Waals surface area (Å²) in [4.78, 5) is 3.55. The van der Waals surface area contributed by atoms with E-state index < -0.39 is 29.8 Å². The molecule has 0 aliphatic carbocycles. The van der Waals surface area contributed by atoms with E-state index in [4.69, 9.17) is 4.74 Å². The van der Waals surface area contributed by atoms with Gasteiger partial charge in [-0.1, -0.05) is 6.07 Å². The maximum Gasteiger partial charge on any atom is 0.509 e. The van der Waals surface area contributed by atoms with E-state index in [9.17, 15) is 21.7 Å². The van der Waals surface area contributed by atoms with Gasteiger partial charge in [0.05, 0.1) is 6.20 Å². The SMILES string of the molecule is Fc1cncc(COc2cc([B-](F)(F)F)ccc2F)c1. The standard InChI is InChI=1S/C12H8BF5NO/c14-10-3-8(5-19-6-10)7-20-12-4-9(13(16,17)18)1-2-11(12)15/h1-6H,7H2/q-1. The van der Waals surface area contributed by atoms with Gasteiger partial charge in [0, 0.05) is 11.8 Å². The van der Waals surface area contributed by atoms with Crippen LogP contribution in [0.15, 0.2) is 36.7 Å². The average molecular weight is 288 g/mol. The summed E-state index contributed by atoms with van der Waals surface area (Å²) in [6.07, 6.45) is 2.25. The third-order valence-electron chi connectivity index (χ3n) is 2.49. The van der Waals surface area contributed by atoms with Crippen molar-refractivity contribution in [3.05, 3.63) is 53.9 Å². The lowest BCUT2D eigenvalue weighted by Gasteiger charge is -2.16. The molecule has 1 aromatic heterocycles. The Morgan fingerprint density at radius 1 is 1.05 bits per heavy atom. The summed E-state index contributed by atoms with van der Waals surface area (Å²) in [5.74, 6) is -2.07. The third-order valence-corrected chi connectivity index (χ3v) is 2.49. The Morgan fingerprint density at radius 2 is 1.80 bits per heavy atom. The van der Waals surface area contributed by atoms with E-state index >= 15 is 0 Å². The number of nitrogens with zero attached hydrogens (tertiary/aromatic N) is 1. The molecule has 1 aromatic carbocycles. The summed E-state index contributed by atoms with van der Waals surface area (Å²) >= 11 is 0. The molecule has 0 saturated heterocycles. The maximum atomic E-state index is 13.4. The Balaban J connectivity index is 2.17. The molecule has 0 fully saturated rings. The summed E-state index contributed by atoms with van der Waals surface area (Å²) in [6.45, 7) is -5.52. The minimum Gasteiger partial charge on any atom is -0.486 e. The number of halogens is 5. The van der Waals surface area contributed by atoms with Crippen molar-refractivity contribution in [2.24, 2.45) is 0 Å². The highest BCUT2D eigenvalue weighted by atomic mass is 19.4. The first-order valence-electron chi connectivity index (χ1n) is 5.58. The zero-order chi connectivity index (χ0) is 14.8. The molecule has 2 aromatic rings. The maximum absolute atomic E-state index is 13.4.